The van der Waals surface area contributed by atoms with Gasteiger partial charge in [0.15, 0.2) is 6.10 Å². The van der Waals surface area contributed by atoms with E-state index >= 15 is 0 Å². The van der Waals surface area contributed by atoms with E-state index in [0.29, 0.717) is 24.0 Å². The van der Waals surface area contributed by atoms with Crippen LogP contribution in [0.4, 0.5) is 0 Å². The third-order valence-corrected chi connectivity index (χ3v) is 5.42. The molecule has 2 atom stereocenters. The fraction of sp³-hybridized carbons (Fsp3) is 0.280. The standard InChI is InChI=1S/C25H26O6/c1-13(2)5-6-16(14(3)4)11-18-19(27)12-20(28)21-22(29)23(30)24(31-25(18)21)15-7-9-17(26)10-8-15/h5,7-10,12,16,24,26-28H,3,6,11H2,1-2,4H3. The predicted octanol–water partition coefficient (Wildman–Crippen LogP) is 4.78. The van der Waals surface area contributed by atoms with Crippen molar-refractivity contribution in [3.63, 3.8) is 0 Å². The molecule has 162 valence electrons. The number of aromatic hydroxyl groups is 3. The zero-order chi connectivity index (χ0) is 22.9. The minimum absolute atomic E-state index is 0.00336. The largest absolute Gasteiger partial charge is 0.508 e. The number of carbonyl (C=O) groups is 2. The van der Waals surface area contributed by atoms with Gasteiger partial charge in [-0.05, 0) is 51.7 Å². The summed E-state index contributed by atoms with van der Waals surface area (Å²) in [6.45, 7) is 9.91. The Morgan fingerprint density at radius 3 is 2.32 bits per heavy atom. The van der Waals surface area contributed by atoms with Crippen molar-refractivity contribution in [1.29, 1.82) is 0 Å². The van der Waals surface area contributed by atoms with Crippen molar-refractivity contribution >= 4 is 11.6 Å². The smallest absolute Gasteiger partial charge is 0.248 e. The molecular weight excluding hydrogens is 396 g/mol. The Kier molecular flexibility index (Phi) is 6.20. The zero-order valence-electron chi connectivity index (χ0n) is 17.8. The summed E-state index contributed by atoms with van der Waals surface area (Å²) >= 11 is 0. The van der Waals surface area contributed by atoms with E-state index in [2.05, 4.69) is 12.7 Å². The quantitative estimate of drug-likeness (QED) is 0.457. The number of hydrogen-bond donors (Lipinski definition) is 3. The van der Waals surface area contributed by atoms with Gasteiger partial charge in [0.1, 0.15) is 28.6 Å². The van der Waals surface area contributed by atoms with Crippen molar-refractivity contribution in [3.8, 4) is 23.0 Å². The van der Waals surface area contributed by atoms with Crippen LogP contribution >= 0.6 is 0 Å². The molecule has 0 saturated carbocycles. The fourth-order valence-electron chi connectivity index (χ4n) is 3.58. The number of fused-ring (bicyclic) bond motifs is 1. The van der Waals surface area contributed by atoms with Gasteiger partial charge in [0.05, 0.1) is 0 Å². The van der Waals surface area contributed by atoms with Gasteiger partial charge in [0, 0.05) is 17.2 Å². The molecule has 2 unspecified atom stereocenters. The van der Waals surface area contributed by atoms with E-state index in [9.17, 15) is 24.9 Å². The van der Waals surface area contributed by atoms with Crippen LogP contribution in [0.25, 0.3) is 0 Å². The Bertz CT molecular complexity index is 1070. The molecular formula is C25H26O6. The van der Waals surface area contributed by atoms with E-state index in [1.165, 1.54) is 24.3 Å². The lowest BCUT2D eigenvalue weighted by atomic mass is 9.86. The van der Waals surface area contributed by atoms with Gasteiger partial charge in [-0.2, -0.15) is 0 Å². The number of Topliss-reactive ketones (excluding diaryl/α,β-unsaturated/α-hetero) is 2. The topological polar surface area (TPSA) is 104 Å². The van der Waals surface area contributed by atoms with Crippen molar-refractivity contribution < 1.29 is 29.6 Å². The van der Waals surface area contributed by atoms with E-state index in [0.717, 1.165) is 17.2 Å². The fourth-order valence-corrected chi connectivity index (χ4v) is 3.58. The number of benzene rings is 2. The molecule has 1 heterocycles. The minimum atomic E-state index is -1.23. The van der Waals surface area contributed by atoms with Gasteiger partial charge in [-0.25, -0.2) is 0 Å². The van der Waals surface area contributed by atoms with Gasteiger partial charge in [0.25, 0.3) is 0 Å². The number of hydrogen-bond acceptors (Lipinski definition) is 6. The van der Waals surface area contributed by atoms with Crippen LogP contribution in [0.15, 0.2) is 54.1 Å². The van der Waals surface area contributed by atoms with Gasteiger partial charge < -0.3 is 20.1 Å². The number of carbonyl (C=O) groups excluding carboxylic acids is 2. The number of rotatable bonds is 6. The summed E-state index contributed by atoms with van der Waals surface area (Å²) in [5.74, 6) is -2.46. The molecule has 3 N–H and O–H groups in total. The summed E-state index contributed by atoms with van der Waals surface area (Å²) in [4.78, 5) is 25.5. The minimum Gasteiger partial charge on any atom is -0.508 e. The molecule has 2 aromatic carbocycles. The number of phenols is 3. The van der Waals surface area contributed by atoms with Crippen molar-refractivity contribution in [3.05, 3.63) is 70.8 Å². The summed E-state index contributed by atoms with van der Waals surface area (Å²) in [6.07, 6.45) is 1.83. The van der Waals surface area contributed by atoms with Crippen LogP contribution in [0.3, 0.4) is 0 Å². The van der Waals surface area contributed by atoms with E-state index < -0.39 is 23.4 Å². The summed E-state index contributed by atoms with van der Waals surface area (Å²) < 4.78 is 5.92. The molecule has 31 heavy (non-hydrogen) atoms. The summed E-state index contributed by atoms with van der Waals surface area (Å²) in [5, 5.41) is 30.4. The first-order valence-corrected chi connectivity index (χ1v) is 10.0. The van der Waals surface area contributed by atoms with Crippen molar-refractivity contribution in [2.24, 2.45) is 5.92 Å². The highest BCUT2D eigenvalue weighted by Crippen LogP contribution is 2.45. The highest BCUT2D eigenvalue weighted by Gasteiger charge is 2.40. The molecule has 6 nitrogen and oxygen atoms in total. The van der Waals surface area contributed by atoms with Crippen LogP contribution in [0.2, 0.25) is 0 Å². The lowest BCUT2D eigenvalue weighted by Gasteiger charge is -2.28. The summed E-state index contributed by atoms with van der Waals surface area (Å²) in [7, 11) is 0. The molecule has 3 rings (SSSR count). The molecule has 0 aliphatic carbocycles. The molecule has 0 saturated heterocycles. The number of allylic oxidation sites excluding steroid dienone is 3. The highest BCUT2D eigenvalue weighted by molar-refractivity contribution is 6.47. The van der Waals surface area contributed by atoms with Crippen LogP contribution in [0.1, 0.15) is 54.8 Å². The van der Waals surface area contributed by atoms with E-state index in [4.69, 9.17) is 4.74 Å². The van der Waals surface area contributed by atoms with Crippen molar-refractivity contribution in [1.82, 2.24) is 0 Å². The van der Waals surface area contributed by atoms with Crippen LogP contribution in [0, 0.1) is 5.92 Å². The Morgan fingerprint density at radius 2 is 1.74 bits per heavy atom. The van der Waals surface area contributed by atoms with Crippen molar-refractivity contribution in [2.75, 3.05) is 0 Å². The van der Waals surface area contributed by atoms with Gasteiger partial charge in [-0.3, -0.25) is 9.59 Å². The molecule has 0 aromatic heterocycles. The zero-order valence-corrected chi connectivity index (χ0v) is 17.8. The molecule has 1 aliphatic rings. The van der Waals surface area contributed by atoms with E-state index in [1.54, 1.807) is 0 Å². The van der Waals surface area contributed by atoms with Gasteiger partial charge >= 0.3 is 0 Å². The normalized spacial score (nSPS) is 16.3. The second-order valence-corrected chi connectivity index (χ2v) is 8.14. The van der Waals surface area contributed by atoms with Crippen LogP contribution in [0.5, 0.6) is 23.0 Å². The second kappa shape index (κ2) is 8.68. The first kappa shape index (κ1) is 22.2. The highest BCUT2D eigenvalue weighted by atomic mass is 16.5. The summed E-state index contributed by atoms with van der Waals surface area (Å²) in [5.41, 5.74) is 2.53. The molecule has 2 aromatic rings. The Hall–Kier alpha value is -3.54. The number of phenolic OH excluding ortho intramolecular Hbond substituents is 3. The van der Waals surface area contributed by atoms with Crippen LogP contribution in [-0.2, 0) is 11.2 Å². The number of ether oxygens (including phenoxy) is 1. The molecule has 0 amide bonds. The summed E-state index contributed by atoms with van der Waals surface area (Å²) in [6, 6.07) is 6.83. The van der Waals surface area contributed by atoms with E-state index in [-0.39, 0.29) is 28.7 Å². The molecule has 1 aliphatic heterocycles. The lowest BCUT2D eigenvalue weighted by Crippen LogP contribution is -2.32. The Labute approximate surface area is 181 Å². The third-order valence-electron chi connectivity index (χ3n) is 5.42. The maximum Gasteiger partial charge on any atom is 0.248 e. The SMILES string of the molecule is C=C(C)C(CC=C(C)C)Cc1c(O)cc(O)c2c1OC(c1ccc(O)cc1)C(=O)C2=O. The first-order valence-electron chi connectivity index (χ1n) is 10.0. The second-order valence-electron chi connectivity index (χ2n) is 8.14. The maximum atomic E-state index is 12.8. The van der Waals surface area contributed by atoms with Gasteiger partial charge in [-0.1, -0.05) is 35.9 Å². The Balaban J connectivity index is 2.09. The van der Waals surface area contributed by atoms with Gasteiger partial charge in [0.2, 0.25) is 11.6 Å². The number of ketones is 2. The maximum absolute atomic E-state index is 12.8. The van der Waals surface area contributed by atoms with Gasteiger partial charge in [-0.15, -0.1) is 0 Å². The van der Waals surface area contributed by atoms with E-state index in [1.807, 2.05) is 20.8 Å². The van der Waals surface area contributed by atoms with Crippen LogP contribution < -0.4 is 4.74 Å². The molecule has 0 radical (unpaired) electrons. The average Bonchev–Trinajstić information content (AvgIpc) is 2.69. The molecule has 0 bridgehead atoms. The van der Waals surface area contributed by atoms with Crippen molar-refractivity contribution in [2.45, 2.75) is 39.7 Å². The van der Waals surface area contributed by atoms with Crippen LogP contribution in [-0.4, -0.2) is 26.9 Å². The predicted molar refractivity (Wildman–Crippen MR) is 117 cm³/mol. The third kappa shape index (κ3) is 4.48. The molecule has 0 spiro atoms. The monoisotopic (exact) mass is 422 g/mol. The molecule has 6 heteroatoms. The molecule has 0 fully saturated rings. The Morgan fingerprint density at radius 1 is 1.10 bits per heavy atom. The lowest BCUT2D eigenvalue weighted by molar-refractivity contribution is -0.122. The first-order chi connectivity index (χ1) is 14.6. The average molecular weight is 422 g/mol.